The first-order valence-electron chi connectivity index (χ1n) is 16.1. The SMILES string of the molecule is C1=Cc2nc1c(-c1ccccc1)c1ccc([n-]1)c(-c1ccccc1)c1nc(c(-c3ccccc3)c3ccc([n-]3)c2-c2ccccc2)C=C1.[CH3-].[CH3-].[Mn]. The molecule has 8 bridgehead atoms. The first-order chi connectivity index (χ1) is 23.8. The molecular weight excluding hydrogens is 663 g/mol. The summed E-state index contributed by atoms with van der Waals surface area (Å²) >= 11 is 0. The van der Waals surface area contributed by atoms with Crippen LogP contribution < -0.4 is 9.97 Å². The molecule has 9 rings (SSSR count). The van der Waals surface area contributed by atoms with Gasteiger partial charge < -0.3 is 24.8 Å². The Morgan fingerprint density at radius 1 is 0.294 bits per heavy atom. The number of hydrogen-bond acceptors (Lipinski definition) is 2. The molecule has 0 atom stereocenters. The normalized spacial score (nSPS) is 11.3. The number of aromatic nitrogens is 4. The average molecular weight is 698 g/mol. The van der Waals surface area contributed by atoms with E-state index in [0.29, 0.717) is 0 Å². The Balaban J connectivity index is 0.00000149. The monoisotopic (exact) mass is 697 g/mol. The summed E-state index contributed by atoms with van der Waals surface area (Å²) in [6.45, 7) is 0. The molecule has 5 heterocycles. The van der Waals surface area contributed by atoms with E-state index in [1.165, 1.54) is 0 Å². The van der Waals surface area contributed by atoms with E-state index in [1.807, 2.05) is 24.3 Å². The quantitative estimate of drug-likeness (QED) is 0.136. The minimum Gasteiger partial charge on any atom is -0.657 e. The van der Waals surface area contributed by atoms with Crippen LogP contribution in [0.5, 0.6) is 0 Å². The molecule has 3 aromatic heterocycles. The Bertz CT molecular complexity index is 2180. The third kappa shape index (κ3) is 6.41. The second-order valence-electron chi connectivity index (χ2n) is 11.8. The Kier molecular flexibility index (Phi) is 10.2. The van der Waals surface area contributed by atoms with Crippen LogP contribution in [-0.4, -0.2) is 9.97 Å². The van der Waals surface area contributed by atoms with Gasteiger partial charge in [0.05, 0.1) is 22.8 Å². The summed E-state index contributed by atoms with van der Waals surface area (Å²) in [5, 5.41) is 0. The zero-order valence-corrected chi connectivity index (χ0v) is 29.5. The van der Waals surface area contributed by atoms with E-state index in [1.54, 1.807) is 0 Å². The van der Waals surface area contributed by atoms with Gasteiger partial charge in [-0.25, -0.2) is 9.97 Å². The summed E-state index contributed by atoms with van der Waals surface area (Å²) in [6, 6.07) is 50.0. The Labute approximate surface area is 309 Å². The second kappa shape index (κ2) is 14.9. The molecule has 0 aliphatic carbocycles. The minimum absolute atomic E-state index is 0. The molecule has 4 nitrogen and oxygen atoms in total. The maximum atomic E-state index is 5.31. The number of fused-ring (bicyclic) bond motifs is 8. The van der Waals surface area contributed by atoms with Gasteiger partial charge in [0, 0.05) is 17.1 Å². The van der Waals surface area contributed by atoms with Gasteiger partial charge >= 0.3 is 0 Å². The van der Waals surface area contributed by atoms with E-state index in [9.17, 15) is 0 Å². The molecular formula is C46H34MnN4-4. The van der Waals surface area contributed by atoms with Gasteiger partial charge in [-0.3, -0.25) is 0 Å². The van der Waals surface area contributed by atoms with Gasteiger partial charge in [-0.1, -0.05) is 146 Å². The number of benzene rings is 4. The molecule has 0 amide bonds. The Hall–Kier alpha value is -6.00. The fraction of sp³-hybridized carbons (Fsp3) is 0. The van der Waals surface area contributed by atoms with Crippen LogP contribution in [0.1, 0.15) is 22.8 Å². The van der Waals surface area contributed by atoms with E-state index in [0.717, 1.165) is 89.4 Å². The van der Waals surface area contributed by atoms with Gasteiger partial charge in [-0.15, -0.1) is 22.1 Å². The van der Waals surface area contributed by atoms with Crippen molar-refractivity contribution >= 4 is 46.4 Å². The molecule has 0 saturated carbocycles. The number of hydrogen-bond donors (Lipinski definition) is 0. The van der Waals surface area contributed by atoms with Crippen LogP contribution in [0.3, 0.4) is 0 Å². The molecule has 7 aromatic rings. The molecule has 2 aliphatic rings. The molecule has 0 N–H and O–H groups in total. The molecule has 1 radical (unpaired) electrons. The summed E-state index contributed by atoms with van der Waals surface area (Å²) < 4.78 is 0. The van der Waals surface area contributed by atoms with Crippen molar-refractivity contribution in [2.24, 2.45) is 0 Å². The topological polar surface area (TPSA) is 54.0 Å². The van der Waals surface area contributed by atoms with Crippen molar-refractivity contribution in [1.29, 1.82) is 0 Å². The summed E-state index contributed by atoms with van der Waals surface area (Å²) in [5.41, 5.74) is 15.0. The largest absolute Gasteiger partial charge is 0.657 e. The zero-order chi connectivity index (χ0) is 31.9. The molecule has 0 spiro atoms. The van der Waals surface area contributed by atoms with Gasteiger partial charge in [0.15, 0.2) is 0 Å². The Morgan fingerprint density at radius 2 is 0.510 bits per heavy atom. The van der Waals surface area contributed by atoms with Crippen LogP contribution in [0, 0.1) is 14.9 Å². The first-order valence-corrected chi connectivity index (χ1v) is 16.1. The van der Waals surface area contributed by atoms with Gasteiger partial charge in [0.1, 0.15) is 0 Å². The molecule has 0 saturated heterocycles. The average Bonchev–Trinajstić information content (AvgIpc) is 3.98. The first kappa shape index (κ1) is 34.8. The van der Waals surface area contributed by atoms with Crippen LogP contribution in [0.4, 0.5) is 0 Å². The van der Waals surface area contributed by atoms with Crippen LogP contribution in [0.15, 0.2) is 146 Å². The van der Waals surface area contributed by atoms with Crippen molar-refractivity contribution < 1.29 is 17.1 Å². The standard InChI is InChI=1S/C44H28N4.2CH3.Mn/c1-5-13-29(14-6-1)41-33-21-23-35(45-33)42(30-15-7-2-8-16-30)37-25-27-39(47-37)44(32-19-11-4-12-20-32)40-28-26-38(48-40)43(31-17-9-3-10-18-31)36-24-22-34(41)46-36;;;/h1-28H;2*1H3;/q-2;2*-1;. The van der Waals surface area contributed by atoms with Crippen molar-refractivity contribution in [3.8, 4) is 44.5 Å². The van der Waals surface area contributed by atoms with E-state index in [2.05, 4.69) is 146 Å². The molecule has 51 heavy (non-hydrogen) atoms. The van der Waals surface area contributed by atoms with Crippen molar-refractivity contribution in [2.45, 2.75) is 0 Å². The second-order valence-corrected chi connectivity index (χ2v) is 11.8. The van der Waals surface area contributed by atoms with Crippen LogP contribution in [-0.2, 0) is 17.1 Å². The molecule has 249 valence electrons. The fourth-order valence-corrected chi connectivity index (χ4v) is 6.69. The van der Waals surface area contributed by atoms with E-state index < -0.39 is 0 Å². The van der Waals surface area contributed by atoms with Crippen LogP contribution in [0.2, 0.25) is 0 Å². The van der Waals surface area contributed by atoms with Gasteiger partial charge in [-0.05, 0) is 68.8 Å². The summed E-state index contributed by atoms with van der Waals surface area (Å²) in [7, 11) is 0. The molecule has 4 aromatic carbocycles. The number of nitrogens with zero attached hydrogens (tertiary/aromatic N) is 4. The Morgan fingerprint density at radius 3 is 0.725 bits per heavy atom. The van der Waals surface area contributed by atoms with Crippen molar-refractivity contribution in [2.75, 3.05) is 0 Å². The minimum atomic E-state index is 0. The van der Waals surface area contributed by atoms with Crippen molar-refractivity contribution in [1.82, 2.24) is 19.9 Å². The third-order valence-electron chi connectivity index (χ3n) is 8.86. The maximum Gasteiger partial charge on any atom is 0.0704 e. The van der Waals surface area contributed by atoms with Crippen molar-refractivity contribution in [3.05, 3.63) is 183 Å². The predicted molar refractivity (Wildman–Crippen MR) is 211 cm³/mol. The molecule has 2 aliphatic heterocycles. The van der Waals surface area contributed by atoms with Gasteiger partial charge in [0.25, 0.3) is 0 Å². The van der Waals surface area contributed by atoms with E-state index in [-0.39, 0.29) is 31.9 Å². The maximum absolute atomic E-state index is 5.31. The van der Waals surface area contributed by atoms with E-state index in [4.69, 9.17) is 19.9 Å². The third-order valence-corrected chi connectivity index (χ3v) is 8.86. The van der Waals surface area contributed by atoms with Gasteiger partial charge in [-0.2, -0.15) is 0 Å². The fourth-order valence-electron chi connectivity index (χ4n) is 6.69. The predicted octanol–water partition coefficient (Wildman–Crippen LogP) is 11.5. The summed E-state index contributed by atoms with van der Waals surface area (Å²) in [6.07, 6.45) is 8.41. The summed E-state index contributed by atoms with van der Waals surface area (Å²) in [5.74, 6) is 0. The van der Waals surface area contributed by atoms with Crippen LogP contribution in [0.25, 0.3) is 90.9 Å². The molecule has 0 unspecified atom stereocenters. The summed E-state index contributed by atoms with van der Waals surface area (Å²) in [4.78, 5) is 21.2. The molecule has 0 fully saturated rings. The smallest absolute Gasteiger partial charge is 0.0704 e. The van der Waals surface area contributed by atoms with Crippen molar-refractivity contribution in [3.63, 3.8) is 0 Å². The van der Waals surface area contributed by atoms with Crippen LogP contribution >= 0.6 is 0 Å². The van der Waals surface area contributed by atoms with E-state index >= 15 is 0 Å². The van der Waals surface area contributed by atoms with Gasteiger partial charge in [0.2, 0.25) is 0 Å². The number of rotatable bonds is 4. The molecule has 5 heteroatoms. The zero-order valence-electron chi connectivity index (χ0n) is 28.3.